The average molecular weight is 267 g/mol. The number of methoxy groups -OCH3 is 1. The second-order valence-corrected chi connectivity index (χ2v) is 4.75. The molecular formula is C15H29N3O. The Labute approximate surface area is 117 Å². The standard InChI is InChI=1S/C15H29N3O/c1-6-12(16-9-4)15-13(7-2)17-18(10-11-19-5)14(15)8-3/h12,16H,6-11H2,1-5H3. The molecule has 110 valence electrons. The molecule has 1 rings (SSSR count). The summed E-state index contributed by atoms with van der Waals surface area (Å²) in [5.41, 5.74) is 4.02. The van der Waals surface area contributed by atoms with E-state index in [1.165, 1.54) is 17.0 Å². The van der Waals surface area contributed by atoms with Gasteiger partial charge in [0.25, 0.3) is 0 Å². The third-order valence-electron chi connectivity index (χ3n) is 3.56. The number of hydrogen-bond donors (Lipinski definition) is 1. The zero-order valence-corrected chi connectivity index (χ0v) is 13.1. The molecule has 0 aliphatic rings. The van der Waals surface area contributed by atoms with Crippen LogP contribution in [0.15, 0.2) is 0 Å². The van der Waals surface area contributed by atoms with Crippen LogP contribution >= 0.6 is 0 Å². The van der Waals surface area contributed by atoms with Gasteiger partial charge >= 0.3 is 0 Å². The molecule has 0 radical (unpaired) electrons. The number of aryl methyl sites for hydroxylation is 1. The SMILES string of the molecule is CCNC(CC)c1c(CC)nn(CCOC)c1CC. The van der Waals surface area contributed by atoms with E-state index in [2.05, 4.69) is 37.7 Å². The zero-order valence-electron chi connectivity index (χ0n) is 13.1. The molecule has 1 heterocycles. The highest BCUT2D eigenvalue weighted by atomic mass is 16.5. The Hall–Kier alpha value is -0.870. The van der Waals surface area contributed by atoms with Crippen LogP contribution < -0.4 is 5.32 Å². The summed E-state index contributed by atoms with van der Waals surface area (Å²) in [5.74, 6) is 0. The molecule has 19 heavy (non-hydrogen) atoms. The van der Waals surface area contributed by atoms with Gasteiger partial charge in [0, 0.05) is 24.4 Å². The van der Waals surface area contributed by atoms with E-state index in [4.69, 9.17) is 9.84 Å². The first-order chi connectivity index (χ1) is 9.23. The molecule has 0 fully saturated rings. The van der Waals surface area contributed by atoms with Crippen LogP contribution in [0.25, 0.3) is 0 Å². The topological polar surface area (TPSA) is 39.1 Å². The number of rotatable bonds is 9. The minimum absolute atomic E-state index is 0.422. The maximum atomic E-state index is 5.19. The van der Waals surface area contributed by atoms with Crippen molar-refractivity contribution >= 4 is 0 Å². The highest BCUT2D eigenvalue weighted by molar-refractivity contribution is 5.30. The van der Waals surface area contributed by atoms with E-state index in [0.29, 0.717) is 6.04 Å². The summed E-state index contributed by atoms with van der Waals surface area (Å²) in [6.07, 6.45) is 3.11. The molecule has 1 aromatic rings. The van der Waals surface area contributed by atoms with Gasteiger partial charge in [-0.3, -0.25) is 4.68 Å². The van der Waals surface area contributed by atoms with Crippen LogP contribution in [0.4, 0.5) is 0 Å². The Kier molecular flexibility index (Phi) is 7.10. The lowest BCUT2D eigenvalue weighted by Gasteiger charge is -2.18. The van der Waals surface area contributed by atoms with Gasteiger partial charge in [-0.15, -0.1) is 0 Å². The predicted molar refractivity (Wildman–Crippen MR) is 79.6 cm³/mol. The summed E-state index contributed by atoms with van der Waals surface area (Å²) in [7, 11) is 1.74. The van der Waals surface area contributed by atoms with Crippen molar-refractivity contribution in [3.8, 4) is 0 Å². The van der Waals surface area contributed by atoms with Crippen molar-refractivity contribution < 1.29 is 4.74 Å². The van der Waals surface area contributed by atoms with Gasteiger partial charge in [-0.25, -0.2) is 0 Å². The van der Waals surface area contributed by atoms with E-state index in [-0.39, 0.29) is 0 Å². The summed E-state index contributed by atoms with van der Waals surface area (Å²) in [4.78, 5) is 0. The van der Waals surface area contributed by atoms with Crippen molar-refractivity contribution in [2.24, 2.45) is 0 Å². The van der Waals surface area contributed by atoms with Crippen LogP contribution in [0, 0.1) is 0 Å². The molecule has 0 aliphatic carbocycles. The van der Waals surface area contributed by atoms with E-state index < -0.39 is 0 Å². The van der Waals surface area contributed by atoms with E-state index in [0.717, 1.165) is 39.0 Å². The van der Waals surface area contributed by atoms with Gasteiger partial charge in [0.15, 0.2) is 0 Å². The second kappa shape index (κ2) is 8.33. The van der Waals surface area contributed by atoms with Gasteiger partial charge in [-0.05, 0) is 25.8 Å². The number of ether oxygens (including phenoxy) is 1. The van der Waals surface area contributed by atoms with Gasteiger partial charge in [0.1, 0.15) is 0 Å². The normalized spacial score (nSPS) is 12.9. The number of nitrogens with one attached hydrogen (secondary N) is 1. The molecule has 1 unspecified atom stereocenters. The fourth-order valence-corrected chi connectivity index (χ4v) is 2.66. The Morgan fingerprint density at radius 1 is 1.21 bits per heavy atom. The summed E-state index contributed by atoms with van der Waals surface area (Å²) >= 11 is 0. The lowest BCUT2D eigenvalue weighted by Crippen LogP contribution is -2.22. The molecule has 0 aromatic carbocycles. The first-order valence-electron chi connectivity index (χ1n) is 7.54. The molecule has 0 saturated carbocycles. The molecule has 0 bridgehead atoms. The van der Waals surface area contributed by atoms with Gasteiger partial charge in [0.2, 0.25) is 0 Å². The first-order valence-corrected chi connectivity index (χ1v) is 7.54. The van der Waals surface area contributed by atoms with Crippen molar-refractivity contribution in [1.29, 1.82) is 0 Å². The largest absolute Gasteiger partial charge is 0.383 e. The lowest BCUT2D eigenvalue weighted by atomic mass is 9.99. The van der Waals surface area contributed by atoms with Crippen LogP contribution in [0.3, 0.4) is 0 Å². The van der Waals surface area contributed by atoms with Crippen LogP contribution in [0.1, 0.15) is 57.1 Å². The van der Waals surface area contributed by atoms with Crippen molar-refractivity contribution in [3.63, 3.8) is 0 Å². The summed E-state index contributed by atoms with van der Waals surface area (Å²) in [6, 6.07) is 0.422. The molecule has 0 aliphatic heterocycles. The van der Waals surface area contributed by atoms with E-state index in [1.54, 1.807) is 7.11 Å². The number of aromatic nitrogens is 2. The van der Waals surface area contributed by atoms with Crippen LogP contribution in [0.5, 0.6) is 0 Å². The molecule has 1 N–H and O–H groups in total. The smallest absolute Gasteiger partial charge is 0.0672 e. The Morgan fingerprint density at radius 2 is 1.95 bits per heavy atom. The molecule has 4 heteroatoms. The fourth-order valence-electron chi connectivity index (χ4n) is 2.66. The number of hydrogen-bond acceptors (Lipinski definition) is 3. The predicted octanol–water partition coefficient (Wildman–Crippen LogP) is 2.71. The van der Waals surface area contributed by atoms with Gasteiger partial charge < -0.3 is 10.1 Å². The molecular weight excluding hydrogens is 238 g/mol. The highest BCUT2D eigenvalue weighted by Gasteiger charge is 2.21. The van der Waals surface area contributed by atoms with Crippen LogP contribution in [0.2, 0.25) is 0 Å². The van der Waals surface area contributed by atoms with Gasteiger partial charge in [0.05, 0.1) is 18.8 Å². The van der Waals surface area contributed by atoms with Crippen molar-refractivity contribution in [3.05, 3.63) is 17.0 Å². The molecule has 0 saturated heterocycles. The monoisotopic (exact) mass is 267 g/mol. The van der Waals surface area contributed by atoms with Crippen LogP contribution in [-0.4, -0.2) is 30.0 Å². The Bertz CT molecular complexity index is 374. The molecule has 0 amide bonds. The van der Waals surface area contributed by atoms with Crippen molar-refractivity contribution in [2.75, 3.05) is 20.3 Å². The van der Waals surface area contributed by atoms with Gasteiger partial charge in [-0.1, -0.05) is 27.7 Å². The highest BCUT2D eigenvalue weighted by Crippen LogP contribution is 2.26. The van der Waals surface area contributed by atoms with E-state index in [1.807, 2.05) is 0 Å². The van der Waals surface area contributed by atoms with Gasteiger partial charge in [-0.2, -0.15) is 5.10 Å². The van der Waals surface area contributed by atoms with E-state index >= 15 is 0 Å². The average Bonchev–Trinajstić information content (AvgIpc) is 2.79. The third kappa shape index (κ3) is 3.80. The summed E-state index contributed by atoms with van der Waals surface area (Å²) in [6.45, 7) is 11.3. The second-order valence-electron chi connectivity index (χ2n) is 4.75. The molecule has 1 atom stereocenters. The van der Waals surface area contributed by atoms with Crippen molar-refractivity contribution in [1.82, 2.24) is 15.1 Å². The van der Waals surface area contributed by atoms with E-state index in [9.17, 15) is 0 Å². The fraction of sp³-hybridized carbons (Fsp3) is 0.800. The Morgan fingerprint density at radius 3 is 2.42 bits per heavy atom. The molecule has 1 aromatic heterocycles. The third-order valence-corrected chi connectivity index (χ3v) is 3.56. The Balaban J connectivity index is 3.14. The maximum Gasteiger partial charge on any atom is 0.0672 e. The zero-order chi connectivity index (χ0) is 14.3. The first kappa shape index (κ1) is 16.2. The lowest BCUT2D eigenvalue weighted by molar-refractivity contribution is 0.182. The maximum absolute atomic E-state index is 5.19. The molecule has 0 spiro atoms. The number of nitrogens with zero attached hydrogens (tertiary/aromatic N) is 2. The van der Waals surface area contributed by atoms with Crippen LogP contribution in [-0.2, 0) is 24.1 Å². The summed E-state index contributed by atoms with van der Waals surface area (Å²) < 4.78 is 7.32. The summed E-state index contributed by atoms with van der Waals surface area (Å²) in [5, 5.41) is 8.37. The quantitative estimate of drug-likeness (QED) is 0.747. The minimum Gasteiger partial charge on any atom is -0.383 e. The molecule has 4 nitrogen and oxygen atoms in total. The van der Waals surface area contributed by atoms with Crippen molar-refractivity contribution in [2.45, 2.75) is 59.5 Å². The minimum atomic E-state index is 0.422.